The third-order valence-electron chi connectivity index (χ3n) is 2.71. The van der Waals surface area contributed by atoms with Crippen LogP contribution in [0, 0.1) is 5.82 Å². The summed E-state index contributed by atoms with van der Waals surface area (Å²) in [5.74, 6) is -0.672. The van der Waals surface area contributed by atoms with E-state index < -0.39 is 15.8 Å². The van der Waals surface area contributed by atoms with Gasteiger partial charge in [-0.1, -0.05) is 29.3 Å². The third-order valence-corrected chi connectivity index (χ3v) is 4.71. The van der Waals surface area contributed by atoms with Crippen molar-refractivity contribution in [3.63, 3.8) is 0 Å². The molecule has 0 aliphatic rings. The zero-order valence-electron chi connectivity index (χ0n) is 10.6. The van der Waals surface area contributed by atoms with E-state index in [-0.39, 0.29) is 22.2 Å². The van der Waals surface area contributed by atoms with Crippen molar-refractivity contribution in [2.24, 2.45) is 5.73 Å². The fourth-order valence-corrected chi connectivity index (χ4v) is 3.57. The number of hydrogen-bond acceptors (Lipinski definition) is 3. The van der Waals surface area contributed by atoms with Gasteiger partial charge in [0.05, 0.1) is 15.6 Å². The van der Waals surface area contributed by atoms with Gasteiger partial charge >= 0.3 is 0 Å². The molecular formula is C13H11Cl2FN2O2S. The van der Waals surface area contributed by atoms with Crippen LogP contribution in [0.15, 0.2) is 41.3 Å². The van der Waals surface area contributed by atoms with E-state index in [0.717, 1.165) is 12.1 Å². The molecule has 0 unspecified atom stereocenters. The van der Waals surface area contributed by atoms with Crippen molar-refractivity contribution in [1.29, 1.82) is 0 Å². The van der Waals surface area contributed by atoms with E-state index in [1.165, 1.54) is 24.3 Å². The maximum Gasteiger partial charge on any atom is 0.262 e. The molecule has 0 amide bonds. The van der Waals surface area contributed by atoms with Gasteiger partial charge in [-0.15, -0.1) is 0 Å². The summed E-state index contributed by atoms with van der Waals surface area (Å²) in [5, 5.41) is 0.508. The van der Waals surface area contributed by atoms with Crippen molar-refractivity contribution in [3.8, 4) is 0 Å². The second kappa shape index (κ2) is 6.19. The number of sulfonamides is 1. The molecule has 0 saturated heterocycles. The quantitative estimate of drug-likeness (QED) is 0.889. The number of nitrogens with two attached hydrogens (primary N) is 1. The molecule has 3 N–H and O–H groups in total. The summed E-state index contributed by atoms with van der Waals surface area (Å²) in [6.45, 7) is -0.0368. The van der Waals surface area contributed by atoms with Crippen LogP contribution in [0.25, 0.3) is 0 Å². The largest absolute Gasteiger partial charge is 0.326 e. The first-order chi connectivity index (χ1) is 9.83. The second-order valence-electron chi connectivity index (χ2n) is 4.19. The smallest absolute Gasteiger partial charge is 0.262 e. The van der Waals surface area contributed by atoms with Crippen LogP contribution in [0.5, 0.6) is 0 Å². The lowest BCUT2D eigenvalue weighted by atomic mass is 10.2. The summed E-state index contributed by atoms with van der Waals surface area (Å²) in [7, 11) is -4.01. The Morgan fingerprint density at radius 1 is 1.14 bits per heavy atom. The average molecular weight is 349 g/mol. The van der Waals surface area contributed by atoms with Gasteiger partial charge in [0.15, 0.2) is 0 Å². The Labute approximate surface area is 131 Å². The van der Waals surface area contributed by atoms with Gasteiger partial charge in [-0.05, 0) is 35.9 Å². The lowest BCUT2D eigenvalue weighted by molar-refractivity contribution is 0.593. The van der Waals surface area contributed by atoms with Crippen LogP contribution in [0.2, 0.25) is 10.0 Å². The van der Waals surface area contributed by atoms with Gasteiger partial charge in [0, 0.05) is 11.6 Å². The molecule has 0 aliphatic carbocycles. The second-order valence-corrected chi connectivity index (χ2v) is 6.68. The Hall–Kier alpha value is -1.34. The van der Waals surface area contributed by atoms with Crippen LogP contribution in [-0.2, 0) is 16.6 Å². The van der Waals surface area contributed by atoms with Crippen molar-refractivity contribution in [1.82, 2.24) is 0 Å². The molecule has 0 saturated carbocycles. The van der Waals surface area contributed by atoms with E-state index in [4.69, 9.17) is 28.9 Å². The number of nitrogens with one attached hydrogen (secondary N) is 1. The van der Waals surface area contributed by atoms with E-state index >= 15 is 0 Å². The number of halogens is 3. The number of rotatable bonds is 4. The van der Waals surface area contributed by atoms with Crippen LogP contribution >= 0.6 is 23.2 Å². The molecule has 0 bridgehead atoms. The van der Waals surface area contributed by atoms with Crippen LogP contribution < -0.4 is 10.5 Å². The first-order valence-electron chi connectivity index (χ1n) is 5.80. The Balaban J connectivity index is 2.45. The Morgan fingerprint density at radius 2 is 1.86 bits per heavy atom. The maximum atomic E-state index is 13.3. The predicted octanol–water partition coefficient (Wildman–Crippen LogP) is 3.39. The van der Waals surface area contributed by atoms with E-state index in [0.29, 0.717) is 10.6 Å². The molecule has 0 fully saturated rings. The normalized spacial score (nSPS) is 11.4. The molecule has 2 aromatic rings. The molecular weight excluding hydrogens is 338 g/mol. The van der Waals surface area contributed by atoms with Gasteiger partial charge in [0.1, 0.15) is 5.82 Å². The molecule has 0 spiro atoms. The topological polar surface area (TPSA) is 72.2 Å². The molecule has 4 nitrogen and oxygen atoms in total. The first kappa shape index (κ1) is 16.0. The fraction of sp³-hybridized carbons (Fsp3) is 0.0769. The monoisotopic (exact) mass is 348 g/mol. The Kier molecular flexibility index (Phi) is 4.73. The molecule has 0 heterocycles. The number of benzene rings is 2. The van der Waals surface area contributed by atoms with Crippen LogP contribution in [0.4, 0.5) is 10.1 Å². The summed E-state index contributed by atoms with van der Waals surface area (Å²) in [4.78, 5) is -0.226. The molecule has 0 atom stereocenters. The van der Waals surface area contributed by atoms with Crippen molar-refractivity contribution in [2.75, 3.05) is 4.72 Å². The van der Waals surface area contributed by atoms with E-state index in [1.807, 2.05) is 0 Å². The predicted molar refractivity (Wildman–Crippen MR) is 81.6 cm³/mol. The highest BCUT2D eigenvalue weighted by molar-refractivity contribution is 7.92. The van der Waals surface area contributed by atoms with E-state index in [9.17, 15) is 12.8 Å². The zero-order chi connectivity index (χ0) is 15.6. The summed E-state index contributed by atoms with van der Waals surface area (Å²) in [5.41, 5.74) is 5.93. The third kappa shape index (κ3) is 3.65. The summed E-state index contributed by atoms with van der Waals surface area (Å²) in [6, 6.07) is 7.69. The molecule has 21 heavy (non-hydrogen) atoms. The van der Waals surface area contributed by atoms with E-state index in [1.54, 1.807) is 0 Å². The van der Waals surface area contributed by atoms with Crippen LogP contribution in [0.1, 0.15) is 5.56 Å². The van der Waals surface area contributed by atoms with Crippen LogP contribution in [0.3, 0.4) is 0 Å². The molecule has 112 valence electrons. The standard InChI is InChI=1S/C13H11Cl2FN2O2S/c14-9-2-4-12(11(15)5-9)18-21(19,20)13-6-10(16)3-1-8(13)7-17/h1-6,18H,7,17H2. The SMILES string of the molecule is NCc1ccc(F)cc1S(=O)(=O)Nc1ccc(Cl)cc1Cl. The molecule has 2 aromatic carbocycles. The summed E-state index contributed by atoms with van der Waals surface area (Å²) < 4.78 is 40.3. The zero-order valence-corrected chi connectivity index (χ0v) is 12.9. The van der Waals surface area contributed by atoms with Gasteiger partial charge in [0.25, 0.3) is 10.0 Å². The highest BCUT2D eigenvalue weighted by Crippen LogP contribution is 2.28. The minimum absolute atomic E-state index is 0.0368. The maximum absolute atomic E-state index is 13.3. The van der Waals surface area contributed by atoms with Gasteiger partial charge in [-0.3, -0.25) is 4.72 Å². The molecule has 2 rings (SSSR count). The Bertz CT molecular complexity index is 782. The summed E-state index contributed by atoms with van der Waals surface area (Å²) in [6.07, 6.45) is 0. The molecule has 0 aromatic heterocycles. The van der Waals surface area contributed by atoms with E-state index in [2.05, 4.69) is 4.72 Å². The van der Waals surface area contributed by atoms with Crippen molar-refractivity contribution < 1.29 is 12.8 Å². The minimum Gasteiger partial charge on any atom is -0.326 e. The number of hydrogen-bond donors (Lipinski definition) is 2. The molecule has 0 radical (unpaired) electrons. The first-order valence-corrected chi connectivity index (χ1v) is 8.04. The average Bonchev–Trinajstić information content (AvgIpc) is 2.42. The highest BCUT2D eigenvalue weighted by atomic mass is 35.5. The van der Waals surface area contributed by atoms with Crippen molar-refractivity contribution in [2.45, 2.75) is 11.4 Å². The summed E-state index contributed by atoms with van der Waals surface area (Å²) >= 11 is 11.7. The minimum atomic E-state index is -4.01. The van der Waals surface area contributed by atoms with Gasteiger partial charge < -0.3 is 5.73 Å². The lowest BCUT2D eigenvalue weighted by Gasteiger charge is -2.12. The van der Waals surface area contributed by atoms with Crippen molar-refractivity contribution in [3.05, 3.63) is 57.8 Å². The number of anilines is 1. The fourth-order valence-electron chi connectivity index (χ4n) is 1.72. The lowest BCUT2D eigenvalue weighted by Crippen LogP contribution is -2.17. The van der Waals surface area contributed by atoms with Gasteiger partial charge in [-0.2, -0.15) is 0 Å². The molecule has 0 aliphatic heterocycles. The Morgan fingerprint density at radius 3 is 2.48 bits per heavy atom. The van der Waals surface area contributed by atoms with Crippen molar-refractivity contribution >= 4 is 38.9 Å². The molecule has 8 heteroatoms. The van der Waals surface area contributed by atoms with Crippen LogP contribution in [-0.4, -0.2) is 8.42 Å². The van der Waals surface area contributed by atoms with Gasteiger partial charge in [0.2, 0.25) is 0 Å². The van der Waals surface area contributed by atoms with Gasteiger partial charge in [-0.25, -0.2) is 12.8 Å². The highest BCUT2D eigenvalue weighted by Gasteiger charge is 2.20.